The molecular formula is C12H23N3. The zero-order chi connectivity index (χ0) is 11.1. The smallest absolute Gasteiger partial charge is 0.0492 e. The summed E-state index contributed by atoms with van der Waals surface area (Å²) >= 11 is 0. The summed E-state index contributed by atoms with van der Waals surface area (Å²) in [6.45, 7) is 5.52. The van der Waals surface area contributed by atoms with Gasteiger partial charge in [0.1, 0.15) is 0 Å². The molecule has 0 aliphatic carbocycles. The van der Waals surface area contributed by atoms with Crippen molar-refractivity contribution >= 4 is 0 Å². The van der Waals surface area contributed by atoms with Gasteiger partial charge in [-0.1, -0.05) is 20.3 Å². The number of hydrogen-bond acceptors (Lipinski definition) is 2. The third-order valence-corrected chi connectivity index (χ3v) is 2.58. The van der Waals surface area contributed by atoms with E-state index in [0.717, 1.165) is 13.0 Å². The number of hydrogen-bond donors (Lipinski definition) is 1. The highest BCUT2D eigenvalue weighted by Gasteiger charge is 1.98. The van der Waals surface area contributed by atoms with Gasteiger partial charge in [0, 0.05) is 25.0 Å². The Kier molecular flexibility index (Phi) is 5.40. The first-order valence-corrected chi connectivity index (χ1v) is 5.90. The van der Waals surface area contributed by atoms with Crippen LogP contribution in [0, 0.1) is 0 Å². The van der Waals surface area contributed by atoms with E-state index in [1.807, 2.05) is 17.9 Å². The van der Waals surface area contributed by atoms with Crippen molar-refractivity contribution in [1.29, 1.82) is 0 Å². The van der Waals surface area contributed by atoms with Gasteiger partial charge in [0.15, 0.2) is 0 Å². The number of aromatic nitrogens is 2. The van der Waals surface area contributed by atoms with Gasteiger partial charge in [-0.15, -0.1) is 0 Å². The van der Waals surface area contributed by atoms with Crippen LogP contribution < -0.4 is 5.32 Å². The molecule has 0 saturated heterocycles. The molecule has 3 heteroatoms. The van der Waals surface area contributed by atoms with Crippen molar-refractivity contribution in [2.45, 2.75) is 45.6 Å². The van der Waals surface area contributed by atoms with E-state index in [4.69, 9.17) is 0 Å². The van der Waals surface area contributed by atoms with Crippen molar-refractivity contribution in [3.63, 3.8) is 0 Å². The van der Waals surface area contributed by atoms with Crippen molar-refractivity contribution in [3.05, 3.63) is 18.0 Å². The maximum atomic E-state index is 4.16. The molecule has 1 rings (SSSR count). The predicted molar refractivity (Wildman–Crippen MR) is 63.9 cm³/mol. The highest BCUT2D eigenvalue weighted by molar-refractivity contribution is 4.99. The second-order valence-corrected chi connectivity index (χ2v) is 4.37. The van der Waals surface area contributed by atoms with Gasteiger partial charge in [0.2, 0.25) is 0 Å². The Morgan fingerprint density at radius 2 is 2.13 bits per heavy atom. The van der Waals surface area contributed by atoms with Gasteiger partial charge >= 0.3 is 0 Å². The number of nitrogens with zero attached hydrogens (tertiary/aromatic N) is 2. The summed E-state index contributed by atoms with van der Waals surface area (Å²) in [6, 6.07) is 2.72. The molecule has 15 heavy (non-hydrogen) atoms. The SMILES string of the molecule is CC(C)NCCCCCc1ccnn1C. The Hall–Kier alpha value is -0.830. The minimum Gasteiger partial charge on any atom is -0.315 e. The van der Waals surface area contributed by atoms with Crippen molar-refractivity contribution < 1.29 is 0 Å². The molecule has 0 fully saturated rings. The molecule has 3 nitrogen and oxygen atoms in total. The molecule has 1 aromatic heterocycles. The maximum Gasteiger partial charge on any atom is 0.0492 e. The first-order chi connectivity index (χ1) is 7.20. The van der Waals surface area contributed by atoms with Crippen LogP contribution in [0.25, 0.3) is 0 Å². The first kappa shape index (κ1) is 12.2. The Labute approximate surface area is 92.9 Å². The average Bonchev–Trinajstić information content (AvgIpc) is 2.57. The van der Waals surface area contributed by atoms with E-state index in [1.54, 1.807) is 0 Å². The van der Waals surface area contributed by atoms with Crippen LogP contribution >= 0.6 is 0 Å². The number of aryl methyl sites for hydroxylation is 2. The summed E-state index contributed by atoms with van der Waals surface area (Å²) in [4.78, 5) is 0. The molecule has 0 radical (unpaired) electrons. The Bertz CT molecular complexity index is 266. The van der Waals surface area contributed by atoms with Crippen LogP contribution in [0.2, 0.25) is 0 Å². The molecule has 0 spiro atoms. The van der Waals surface area contributed by atoms with Crippen LogP contribution in [0.1, 0.15) is 38.8 Å². The van der Waals surface area contributed by atoms with E-state index in [1.165, 1.54) is 25.0 Å². The fourth-order valence-electron chi connectivity index (χ4n) is 1.65. The summed E-state index contributed by atoms with van der Waals surface area (Å²) in [5.74, 6) is 0. The fraction of sp³-hybridized carbons (Fsp3) is 0.750. The lowest BCUT2D eigenvalue weighted by atomic mass is 10.1. The molecule has 0 aliphatic rings. The summed E-state index contributed by atoms with van der Waals surface area (Å²) in [6.07, 6.45) is 6.86. The minimum atomic E-state index is 0.613. The fourth-order valence-corrected chi connectivity index (χ4v) is 1.65. The quantitative estimate of drug-likeness (QED) is 0.697. The topological polar surface area (TPSA) is 29.9 Å². The van der Waals surface area contributed by atoms with Gasteiger partial charge in [0.05, 0.1) is 0 Å². The predicted octanol–water partition coefficient (Wildman–Crippen LogP) is 2.13. The van der Waals surface area contributed by atoms with Crippen LogP contribution in [0.15, 0.2) is 12.3 Å². The van der Waals surface area contributed by atoms with E-state index >= 15 is 0 Å². The van der Waals surface area contributed by atoms with E-state index in [2.05, 4.69) is 30.3 Å². The normalized spacial score (nSPS) is 11.2. The van der Waals surface area contributed by atoms with Gasteiger partial charge in [-0.25, -0.2) is 0 Å². The number of unbranched alkanes of at least 4 members (excludes halogenated alkanes) is 2. The molecular weight excluding hydrogens is 186 g/mol. The first-order valence-electron chi connectivity index (χ1n) is 5.90. The molecule has 0 amide bonds. The molecule has 0 saturated carbocycles. The second kappa shape index (κ2) is 6.62. The largest absolute Gasteiger partial charge is 0.315 e. The molecule has 0 unspecified atom stereocenters. The molecule has 0 atom stereocenters. The van der Waals surface area contributed by atoms with Gasteiger partial charge in [-0.2, -0.15) is 5.10 Å². The summed E-state index contributed by atoms with van der Waals surface area (Å²) in [5.41, 5.74) is 1.34. The van der Waals surface area contributed by atoms with Crippen LogP contribution in [0.5, 0.6) is 0 Å². The summed E-state index contributed by atoms with van der Waals surface area (Å²) in [5, 5.41) is 7.59. The Morgan fingerprint density at radius 3 is 2.73 bits per heavy atom. The Balaban J connectivity index is 2.00. The maximum absolute atomic E-state index is 4.16. The van der Waals surface area contributed by atoms with Crippen LogP contribution in [-0.4, -0.2) is 22.4 Å². The van der Waals surface area contributed by atoms with Gasteiger partial charge in [-0.3, -0.25) is 4.68 Å². The molecule has 1 aromatic rings. The molecule has 86 valence electrons. The summed E-state index contributed by atoms with van der Waals surface area (Å²) < 4.78 is 1.96. The minimum absolute atomic E-state index is 0.613. The lowest BCUT2D eigenvalue weighted by molar-refractivity contribution is 0.544. The monoisotopic (exact) mass is 209 g/mol. The lowest BCUT2D eigenvalue weighted by Crippen LogP contribution is -2.23. The van der Waals surface area contributed by atoms with E-state index < -0.39 is 0 Å². The molecule has 0 aliphatic heterocycles. The molecule has 1 N–H and O–H groups in total. The number of rotatable bonds is 7. The van der Waals surface area contributed by atoms with Crippen LogP contribution in [0.4, 0.5) is 0 Å². The second-order valence-electron chi connectivity index (χ2n) is 4.37. The average molecular weight is 209 g/mol. The van der Waals surface area contributed by atoms with Gasteiger partial charge < -0.3 is 5.32 Å². The van der Waals surface area contributed by atoms with Crippen molar-refractivity contribution in [2.75, 3.05) is 6.54 Å². The standard InChI is InChI=1S/C12H23N3/c1-11(2)13-9-6-4-5-7-12-8-10-14-15(12)3/h8,10-11,13H,4-7,9H2,1-3H3. The molecule has 1 heterocycles. The van der Waals surface area contributed by atoms with Gasteiger partial charge in [0.25, 0.3) is 0 Å². The molecule has 0 bridgehead atoms. The van der Waals surface area contributed by atoms with Crippen molar-refractivity contribution in [3.8, 4) is 0 Å². The highest BCUT2D eigenvalue weighted by atomic mass is 15.2. The van der Waals surface area contributed by atoms with E-state index in [9.17, 15) is 0 Å². The molecule has 0 aromatic carbocycles. The van der Waals surface area contributed by atoms with Crippen molar-refractivity contribution in [2.24, 2.45) is 7.05 Å². The highest BCUT2D eigenvalue weighted by Crippen LogP contribution is 2.04. The van der Waals surface area contributed by atoms with Crippen molar-refractivity contribution in [1.82, 2.24) is 15.1 Å². The zero-order valence-corrected chi connectivity index (χ0v) is 10.2. The van der Waals surface area contributed by atoms with E-state index in [-0.39, 0.29) is 0 Å². The Morgan fingerprint density at radius 1 is 1.33 bits per heavy atom. The lowest BCUT2D eigenvalue weighted by Gasteiger charge is -2.07. The third kappa shape index (κ3) is 4.98. The van der Waals surface area contributed by atoms with E-state index in [0.29, 0.717) is 6.04 Å². The van der Waals surface area contributed by atoms with Gasteiger partial charge in [-0.05, 0) is 31.9 Å². The van der Waals surface area contributed by atoms with Crippen LogP contribution in [-0.2, 0) is 13.5 Å². The summed E-state index contributed by atoms with van der Waals surface area (Å²) in [7, 11) is 2.01. The van der Waals surface area contributed by atoms with Crippen LogP contribution in [0.3, 0.4) is 0 Å². The third-order valence-electron chi connectivity index (χ3n) is 2.58. The number of nitrogens with one attached hydrogen (secondary N) is 1. The zero-order valence-electron chi connectivity index (χ0n) is 10.2.